The molecule has 416 valence electrons. The van der Waals surface area contributed by atoms with E-state index in [4.69, 9.17) is 37.9 Å². The van der Waals surface area contributed by atoms with Crippen molar-refractivity contribution in [3.8, 4) is 17.2 Å². The molecule has 4 aromatic carbocycles. The Bertz CT molecular complexity index is 2550. The third kappa shape index (κ3) is 16.8. The number of para-hydroxylation sites is 3. The van der Waals surface area contributed by atoms with E-state index >= 15 is 0 Å². The monoisotopic (exact) mass is 1080 g/mol. The second kappa shape index (κ2) is 27.6. The van der Waals surface area contributed by atoms with Crippen LogP contribution in [0.4, 0.5) is 4.79 Å². The zero-order valence-corrected chi connectivity index (χ0v) is 44.2. The summed E-state index contributed by atoms with van der Waals surface area (Å²) in [5.74, 6) is 0.273. The van der Waals surface area contributed by atoms with Crippen LogP contribution >= 0.6 is 0 Å². The number of sulfonamides is 1. The van der Waals surface area contributed by atoms with Crippen molar-refractivity contribution in [1.82, 2.24) is 10.0 Å². The lowest BCUT2D eigenvalue weighted by molar-refractivity contribution is -0.251. The van der Waals surface area contributed by atoms with Gasteiger partial charge in [0.15, 0.2) is 25.2 Å². The summed E-state index contributed by atoms with van der Waals surface area (Å²) >= 11 is 0. The average molecular weight is 1080 g/mol. The molecule has 4 heterocycles. The minimum atomic E-state index is -4.14. The predicted octanol–water partition coefficient (Wildman–Crippen LogP) is 8.88. The second-order valence-corrected chi connectivity index (χ2v) is 22.3. The quantitative estimate of drug-likeness (QED) is 0.0366. The highest BCUT2D eigenvalue weighted by Crippen LogP contribution is 2.39. The number of hydrogen-bond donors (Lipinski definition) is 7. The molecule has 4 aliphatic heterocycles. The highest BCUT2D eigenvalue weighted by atomic mass is 32.2. The number of hydrogen-bond acceptors (Lipinski definition) is 16. The van der Waals surface area contributed by atoms with E-state index in [0.29, 0.717) is 113 Å². The van der Waals surface area contributed by atoms with Crippen molar-refractivity contribution in [2.24, 2.45) is 0 Å². The fourth-order valence-electron chi connectivity index (χ4n) is 10.5. The number of phenols is 3. The van der Waals surface area contributed by atoms with E-state index in [0.717, 1.165) is 12.0 Å². The summed E-state index contributed by atoms with van der Waals surface area (Å²) in [5.41, 5.74) is 2.53. The van der Waals surface area contributed by atoms with E-state index in [-0.39, 0.29) is 65.3 Å². The molecule has 2 amide bonds. The van der Waals surface area contributed by atoms with Crippen LogP contribution in [0.2, 0.25) is 0 Å². The number of benzene rings is 4. The Morgan fingerprint density at radius 2 is 1.04 bits per heavy atom. The van der Waals surface area contributed by atoms with Gasteiger partial charge in [-0.15, -0.1) is 0 Å². The van der Waals surface area contributed by atoms with Gasteiger partial charge in [0.2, 0.25) is 0 Å². The Kier molecular flexibility index (Phi) is 20.8. The number of carbonyl (C=O) groups is 1. The highest BCUT2D eigenvalue weighted by Gasteiger charge is 2.36. The van der Waals surface area contributed by atoms with Crippen LogP contribution in [0.5, 0.6) is 17.2 Å². The molecule has 0 radical (unpaired) electrons. The van der Waals surface area contributed by atoms with Gasteiger partial charge >= 0.3 is 6.03 Å². The average Bonchev–Trinajstić information content (AvgIpc) is 3.38. The van der Waals surface area contributed by atoms with Gasteiger partial charge in [0.25, 0.3) is 10.0 Å². The first-order chi connectivity index (χ1) is 36.6. The van der Waals surface area contributed by atoms with E-state index < -0.39 is 59.5 Å². The first kappa shape index (κ1) is 57.3. The fraction of sp³-hybridized carbons (Fsp3) is 0.561. The molecule has 18 nitrogen and oxygen atoms in total. The van der Waals surface area contributed by atoms with E-state index in [1.54, 1.807) is 66.7 Å². The van der Waals surface area contributed by atoms with Crippen LogP contribution in [0, 0.1) is 6.92 Å². The molecule has 0 aliphatic carbocycles. The Balaban J connectivity index is 0.831. The first-order valence-electron chi connectivity index (χ1n) is 26.9. The molecular weight excluding hydrogens is 1000 g/mol. The summed E-state index contributed by atoms with van der Waals surface area (Å²) in [7, 11) is -4.14. The number of rotatable bonds is 23. The largest absolute Gasteiger partial charge is 0.507 e. The Morgan fingerprint density at radius 1 is 0.579 bits per heavy atom. The van der Waals surface area contributed by atoms with Crippen LogP contribution in [0.15, 0.2) is 102 Å². The van der Waals surface area contributed by atoms with E-state index in [9.17, 15) is 38.7 Å². The number of aliphatic hydroxyl groups is 2. The summed E-state index contributed by atoms with van der Waals surface area (Å²) in [6, 6.07) is 26.0. The molecule has 0 saturated carbocycles. The van der Waals surface area contributed by atoms with E-state index in [1.165, 1.54) is 12.1 Å². The van der Waals surface area contributed by atoms with Gasteiger partial charge in [-0.05, 0) is 128 Å². The van der Waals surface area contributed by atoms with Gasteiger partial charge < -0.3 is 68.7 Å². The third-order valence-corrected chi connectivity index (χ3v) is 15.8. The van der Waals surface area contributed by atoms with Crippen molar-refractivity contribution < 1.29 is 76.6 Å². The maximum absolute atomic E-state index is 12.9. The third-order valence-electron chi connectivity index (χ3n) is 14.5. The standard InChI is InChI=1S/C57H76N2O16S/c1-36-24-26-46(27-25-36)76(66,67)59-57(65)58-35-53-70-41(17-11-16-40-30-37(2)69-55(73-40)48-19-4-7-22-51(48)63)34-45(71-53)32-39(61)13-10-15-43-33-42(74-56(75-43)49-20-5-8-23-52(49)64)14-9-12-38(60)31-44-28-29-68-54(72-44)47-18-3-6-21-50(47)62/h3-8,18-27,37-45,53-56,60-64H,9-17,28-35H2,1-2H3,(H2,58,59,65). The van der Waals surface area contributed by atoms with Gasteiger partial charge in [0, 0.05) is 29.5 Å². The van der Waals surface area contributed by atoms with E-state index in [2.05, 4.69) is 10.0 Å². The molecule has 4 aliphatic rings. The maximum Gasteiger partial charge on any atom is 0.328 e. The molecule has 76 heavy (non-hydrogen) atoms. The number of urea groups is 1. The van der Waals surface area contributed by atoms with Crippen LogP contribution in [0.3, 0.4) is 0 Å². The van der Waals surface area contributed by atoms with Gasteiger partial charge in [-0.1, -0.05) is 72.3 Å². The van der Waals surface area contributed by atoms with Crippen LogP contribution in [-0.4, -0.2) is 114 Å². The minimum Gasteiger partial charge on any atom is -0.507 e. The summed E-state index contributed by atoms with van der Waals surface area (Å²) in [6.07, 6.45) is 2.57. The molecule has 4 aromatic rings. The smallest absolute Gasteiger partial charge is 0.328 e. The number of amides is 2. The predicted molar refractivity (Wildman–Crippen MR) is 278 cm³/mol. The molecule has 0 aromatic heterocycles. The molecule has 4 fully saturated rings. The molecule has 4 saturated heterocycles. The summed E-state index contributed by atoms with van der Waals surface area (Å²) in [4.78, 5) is 12.9. The number of aliphatic hydroxyl groups excluding tert-OH is 2. The maximum atomic E-state index is 12.9. The number of aromatic hydroxyl groups is 3. The lowest BCUT2D eigenvalue weighted by Crippen LogP contribution is -2.48. The zero-order chi connectivity index (χ0) is 53.6. The lowest BCUT2D eigenvalue weighted by atomic mass is 9.95. The van der Waals surface area contributed by atoms with Gasteiger partial charge in [-0.2, -0.15) is 0 Å². The van der Waals surface area contributed by atoms with Crippen molar-refractivity contribution >= 4 is 16.1 Å². The highest BCUT2D eigenvalue weighted by molar-refractivity contribution is 7.90. The number of ether oxygens (including phenoxy) is 8. The molecule has 0 spiro atoms. The summed E-state index contributed by atoms with van der Waals surface area (Å²) in [5, 5.41) is 56.7. The number of carbonyl (C=O) groups excluding carboxylic acids is 1. The van der Waals surface area contributed by atoms with Gasteiger partial charge in [-0.25, -0.2) is 17.9 Å². The fourth-order valence-corrected chi connectivity index (χ4v) is 11.4. The van der Waals surface area contributed by atoms with Crippen molar-refractivity contribution in [1.29, 1.82) is 0 Å². The van der Waals surface area contributed by atoms with Crippen molar-refractivity contribution in [2.75, 3.05) is 13.2 Å². The number of aryl methyl sites for hydroxylation is 1. The van der Waals surface area contributed by atoms with Crippen molar-refractivity contribution in [3.63, 3.8) is 0 Å². The molecule has 13 atom stereocenters. The Hall–Kier alpha value is -4.90. The summed E-state index contributed by atoms with van der Waals surface area (Å²) in [6.45, 7) is 4.12. The van der Waals surface area contributed by atoms with Gasteiger partial charge in [0.05, 0.1) is 73.0 Å². The Morgan fingerprint density at radius 3 is 1.62 bits per heavy atom. The van der Waals surface area contributed by atoms with Crippen molar-refractivity contribution in [3.05, 3.63) is 119 Å². The topological polar surface area (TPSA) is 250 Å². The normalized spacial score (nSPS) is 28.0. The summed E-state index contributed by atoms with van der Waals surface area (Å²) < 4.78 is 77.7. The van der Waals surface area contributed by atoms with Crippen molar-refractivity contribution in [2.45, 2.75) is 195 Å². The molecule has 13 unspecified atom stereocenters. The second-order valence-electron chi connectivity index (χ2n) is 20.7. The van der Waals surface area contributed by atoms with Crippen LogP contribution in [-0.2, 0) is 47.9 Å². The first-order valence-corrected chi connectivity index (χ1v) is 28.4. The SMILES string of the molecule is Cc1ccc(S(=O)(=O)NC(=O)NCC2OC(CCCC3CC(C)OC(c4ccccc4O)O3)CC(CC(O)CCCC3CC(CCCC(O)CC4CCOC(c5ccccc5O)O4)OC(c4ccccc4O)O3)O2)cc1. The molecular formula is C57H76N2O16S. The van der Waals surface area contributed by atoms with Gasteiger partial charge in [-0.3, -0.25) is 0 Å². The van der Waals surface area contributed by atoms with Crippen LogP contribution in [0.1, 0.15) is 144 Å². The van der Waals surface area contributed by atoms with E-state index in [1.807, 2.05) is 32.0 Å². The minimum absolute atomic E-state index is 0.0488. The van der Waals surface area contributed by atoms with Crippen LogP contribution < -0.4 is 10.0 Å². The molecule has 19 heteroatoms. The molecule has 8 rings (SSSR count). The number of nitrogens with one attached hydrogen (secondary N) is 2. The zero-order valence-electron chi connectivity index (χ0n) is 43.4. The molecule has 7 N–H and O–H groups in total. The van der Waals surface area contributed by atoms with Gasteiger partial charge in [0.1, 0.15) is 17.2 Å². The lowest BCUT2D eigenvalue weighted by Gasteiger charge is -2.38. The molecule has 0 bridgehead atoms. The Labute approximate surface area is 446 Å². The number of phenolic OH excluding ortho intramolecular Hbond substituents is 3. The van der Waals surface area contributed by atoms with Crippen LogP contribution in [0.25, 0.3) is 0 Å².